The standard InChI is InChI=1S/C19H17F3N4O4S/c20-19(21,22)13-5-8-15(9-6-13)31(29,30)26-16-3-1-2-12-4-7-14(24-18(12)16)10-23-11-17(27)25-28/h1-9,23,26,28H,10-11H2,(H,25,27). The average molecular weight is 454 g/mol. The Morgan fingerprint density at radius 2 is 1.74 bits per heavy atom. The van der Waals surface area contributed by atoms with Gasteiger partial charge in [-0.25, -0.2) is 18.9 Å². The summed E-state index contributed by atoms with van der Waals surface area (Å²) in [7, 11) is -4.17. The summed E-state index contributed by atoms with van der Waals surface area (Å²) in [6.45, 7) is 0.0156. The number of nitrogens with one attached hydrogen (secondary N) is 3. The highest BCUT2D eigenvalue weighted by molar-refractivity contribution is 7.92. The number of carbonyl (C=O) groups is 1. The Morgan fingerprint density at radius 1 is 1.03 bits per heavy atom. The highest BCUT2D eigenvalue weighted by atomic mass is 32.2. The minimum absolute atomic E-state index is 0.146. The molecule has 0 fully saturated rings. The number of halogens is 3. The van der Waals surface area contributed by atoms with E-state index in [0.29, 0.717) is 28.7 Å². The summed E-state index contributed by atoms with van der Waals surface area (Å²) in [5.41, 5.74) is 1.50. The third-order valence-corrected chi connectivity index (χ3v) is 5.61. The molecule has 4 N–H and O–H groups in total. The van der Waals surface area contributed by atoms with Gasteiger partial charge in [0.2, 0.25) is 0 Å². The SMILES string of the molecule is O=C(CNCc1ccc2cccc(NS(=O)(=O)c3ccc(C(F)(F)F)cc3)c2n1)NO. The number of amides is 1. The Balaban J connectivity index is 1.86. The van der Waals surface area contributed by atoms with Gasteiger partial charge in [-0.2, -0.15) is 13.2 Å². The topological polar surface area (TPSA) is 120 Å². The summed E-state index contributed by atoms with van der Waals surface area (Å²) < 4.78 is 65.8. The minimum Gasteiger partial charge on any atom is -0.303 e. The van der Waals surface area contributed by atoms with E-state index in [-0.39, 0.29) is 23.7 Å². The van der Waals surface area contributed by atoms with Gasteiger partial charge in [0, 0.05) is 11.9 Å². The van der Waals surface area contributed by atoms with Crippen LogP contribution in [0, 0.1) is 0 Å². The fourth-order valence-electron chi connectivity index (χ4n) is 2.74. The lowest BCUT2D eigenvalue weighted by Gasteiger charge is -2.12. The van der Waals surface area contributed by atoms with E-state index in [2.05, 4.69) is 15.0 Å². The van der Waals surface area contributed by atoms with Gasteiger partial charge in [0.1, 0.15) is 0 Å². The molecular weight excluding hydrogens is 437 g/mol. The first-order valence-electron chi connectivity index (χ1n) is 8.82. The van der Waals surface area contributed by atoms with E-state index in [9.17, 15) is 26.4 Å². The molecule has 0 saturated heterocycles. The van der Waals surface area contributed by atoms with Crippen LogP contribution < -0.4 is 15.5 Å². The van der Waals surface area contributed by atoms with Gasteiger partial charge in [0.25, 0.3) is 15.9 Å². The van der Waals surface area contributed by atoms with Crippen molar-refractivity contribution in [3.8, 4) is 0 Å². The zero-order valence-electron chi connectivity index (χ0n) is 15.8. The molecule has 31 heavy (non-hydrogen) atoms. The molecule has 3 rings (SSSR count). The van der Waals surface area contributed by atoms with Crippen molar-refractivity contribution in [3.05, 3.63) is 65.9 Å². The van der Waals surface area contributed by atoms with Crippen LogP contribution in [-0.2, 0) is 27.5 Å². The van der Waals surface area contributed by atoms with Crippen LogP contribution in [0.3, 0.4) is 0 Å². The Kier molecular flexibility index (Phi) is 6.43. The van der Waals surface area contributed by atoms with Crippen molar-refractivity contribution in [2.45, 2.75) is 17.6 Å². The first-order valence-corrected chi connectivity index (χ1v) is 10.3. The molecular formula is C19H17F3N4O4S. The third kappa shape index (κ3) is 5.48. The number of benzene rings is 2. The number of aromatic nitrogens is 1. The molecule has 1 aromatic heterocycles. The summed E-state index contributed by atoms with van der Waals surface area (Å²) in [5.74, 6) is -0.634. The van der Waals surface area contributed by atoms with Crippen molar-refractivity contribution < 1.29 is 31.6 Å². The minimum atomic E-state index is -4.57. The molecule has 12 heteroatoms. The number of alkyl halides is 3. The van der Waals surface area contributed by atoms with Crippen LogP contribution in [0.1, 0.15) is 11.3 Å². The van der Waals surface area contributed by atoms with Crippen LogP contribution in [0.2, 0.25) is 0 Å². The van der Waals surface area contributed by atoms with Crippen LogP contribution in [0.5, 0.6) is 0 Å². The summed E-state index contributed by atoms with van der Waals surface area (Å²) in [6, 6.07) is 11.4. The predicted octanol–water partition coefficient (Wildman–Crippen LogP) is 2.65. The smallest absolute Gasteiger partial charge is 0.303 e. The zero-order chi connectivity index (χ0) is 22.6. The number of rotatable bonds is 7. The predicted molar refractivity (Wildman–Crippen MR) is 106 cm³/mol. The summed E-state index contributed by atoms with van der Waals surface area (Å²) in [6.07, 6.45) is -4.57. The highest BCUT2D eigenvalue weighted by Gasteiger charge is 2.30. The average Bonchev–Trinajstić information content (AvgIpc) is 2.73. The van der Waals surface area contributed by atoms with Crippen LogP contribution in [0.4, 0.5) is 18.9 Å². The first-order chi connectivity index (χ1) is 14.6. The molecule has 0 bridgehead atoms. The maximum absolute atomic E-state index is 12.7. The number of pyridine rings is 1. The quantitative estimate of drug-likeness (QED) is 0.322. The van der Waals surface area contributed by atoms with Gasteiger partial charge in [-0.1, -0.05) is 18.2 Å². The molecule has 0 saturated carbocycles. The van der Waals surface area contributed by atoms with Gasteiger partial charge < -0.3 is 5.32 Å². The monoisotopic (exact) mass is 454 g/mol. The lowest BCUT2D eigenvalue weighted by Crippen LogP contribution is -2.31. The molecule has 0 radical (unpaired) electrons. The molecule has 0 unspecified atom stereocenters. The second-order valence-corrected chi connectivity index (χ2v) is 8.13. The number of sulfonamides is 1. The van der Waals surface area contributed by atoms with E-state index < -0.39 is 27.7 Å². The second kappa shape index (κ2) is 8.88. The summed E-state index contributed by atoms with van der Waals surface area (Å²) in [5, 5.41) is 11.9. The fraction of sp³-hybridized carbons (Fsp3) is 0.158. The van der Waals surface area contributed by atoms with E-state index in [4.69, 9.17) is 5.21 Å². The molecule has 164 valence electrons. The maximum Gasteiger partial charge on any atom is 0.416 e. The molecule has 0 aliphatic heterocycles. The summed E-state index contributed by atoms with van der Waals surface area (Å²) >= 11 is 0. The molecule has 0 spiro atoms. The van der Waals surface area contributed by atoms with E-state index in [0.717, 1.165) is 12.1 Å². The van der Waals surface area contributed by atoms with E-state index >= 15 is 0 Å². The van der Waals surface area contributed by atoms with Gasteiger partial charge in [-0.05, 0) is 36.4 Å². The molecule has 2 aromatic carbocycles. The van der Waals surface area contributed by atoms with Gasteiger partial charge in [0.05, 0.1) is 33.9 Å². The van der Waals surface area contributed by atoms with Crippen molar-refractivity contribution in [1.29, 1.82) is 0 Å². The van der Waals surface area contributed by atoms with E-state index in [1.807, 2.05) is 0 Å². The normalized spacial score (nSPS) is 12.0. The lowest BCUT2D eigenvalue weighted by molar-refractivity contribution is -0.137. The van der Waals surface area contributed by atoms with Crippen molar-refractivity contribution in [3.63, 3.8) is 0 Å². The number of hydrogen-bond donors (Lipinski definition) is 4. The lowest BCUT2D eigenvalue weighted by atomic mass is 10.2. The largest absolute Gasteiger partial charge is 0.416 e. The molecule has 3 aromatic rings. The van der Waals surface area contributed by atoms with E-state index in [1.54, 1.807) is 24.3 Å². The van der Waals surface area contributed by atoms with Crippen molar-refractivity contribution in [2.24, 2.45) is 0 Å². The van der Waals surface area contributed by atoms with E-state index in [1.165, 1.54) is 11.5 Å². The molecule has 1 heterocycles. The van der Waals surface area contributed by atoms with Crippen LogP contribution in [0.25, 0.3) is 10.9 Å². The van der Waals surface area contributed by atoms with Crippen molar-refractivity contribution >= 4 is 32.5 Å². The zero-order valence-corrected chi connectivity index (χ0v) is 16.6. The van der Waals surface area contributed by atoms with Crippen LogP contribution in [0.15, 0.2) is 59.5 Å². The number of fused-ring (bicyclic) bond motifs is 1. The Morgan fingerprint density at radius 3 is 2.39 bits per heavy atom. The Labute approximate surface area is 175 Å². The molecule has 0 atom stereocenters. The second-order valence-electron chi connectivity index (χ2n) is 6.45. The van der Waals surface area contributed by atoms with Gasteiger partial charge in [-0.15, -0.1) is 0 Å². The molecule has 0 aliphatic carbocycles. The van der Waals surface area contributed by atoms with Crippen LogP contribution in [-0.4, -0.2) is 31.1 Å². The number of hydroxylamine groups is 1. The molecule has 0 aliphatic rings. The maximum atomic E-state index is 12.7. The number of hydrogen-bond acceptors (Lipinski definition) is 6. The Hall–Kier alpha value is -3.22. The van der Waals surface area contributed by atoms with Crippen molar-refractivity contribution in [2.75, 3.05) is 11.3 Å². The van der Waals surface area contributed by atoms with Gasteiger partial charge >= 0.3 is 6.18 Å². The van der Waals surface area contributed by atoms with Gasteiger partial charge in [-0.3, -0.25) is 14.7 Å². The molecule has 8 nitrogen and oxygen atoms in total. The first kappa shape index (κ1) is 22.5. The molecule has 1 amide bonds. The number of carbonyl (C=O) groups excluding carboxylic acids is 1. The summed E-state index contributed by atoms with van der Waals surface area (Å²) in [4.78, 5) is 15.1. The highest BCUT2D eigenvalue weighted by Crippen LogP contribution is 2.30. The Bertz CT molecular complexity index is 1200. The van der Waals surface area contributed by atoms with Gasteiger partial charge in [0.15, 0.2) is 0 Å². The van der Waals surface area contributed by atoms with Crippen LogP contribution >= 0.6 is 0 Å². The number of nitrogens with zero attached hydrogens (tertiary/aromatic N) is 1. The number of anilines is 1. The fourth-order valence-corrected chi connectivity index (χ4v) is 3.81. The number of para-hydroxylation sites is 1. The third-order valence-electron chi connectivity index (χ3n) is 4.23. The van der Waals surface area contributed by atoms with Crippen molar-refractivity contribution in [1.82, 2.24) is 15.8 Å².